The van der Waals surface area contributed by atoms with Crippen LogP contribution < -0.4 is 0 Å². The summed E-state index contributed by atoms with van der Waals surface area (Å²) >= 11 is 0. The summed E-state index contributed by atoms with van der Waals surface area (Å²) in [5.41, 5.74) is 1.36. The highest BCUT2D eigenvalue weighted by molar-refractivity contribution is 5.71. The lowest BCUT2D eigenvalue weighted by Crippen LogP contribution is -2.29. The zero-order valence-electron chi connectivity index (χ0n) is 7.41. The maximum Gasteiger partial charge on any atom is 0.410 e. The molecule has 0 N–H and O–H groups in total. The van der Waals surface area contributed by atoms with E-state index in [1.54, 1.807) is 0 Å². The third kappa shape index (κ3) is 0.854. The fourth-order valence-corrected chi connectivity index (χ4v) is 2.00. The van der Waals surface area contributed by atoms with Crippen molar-refractivity contribution in [2.24, 2.45) is 5.92 Å². The zero-order chi connectivity index (χ0) is 8.72. The van der Waals surface area contributed by atoms with Crippen LogP contribution in [0.4, 0.5) is 4.79 Å². The molecule has 3 heteroatoms. The first kappa shape index (κ1) is 7.65. The molecule has 3 nitrogen and oxygen atoms in total. The summed E-state index contributed by atoms with van der Waals surface area (Å²) in [5.74, 6) is 0.474. The molecular weight excluding hydrogens is 154 g/mol. The largest absolute Gasteiger partial charge is 0.447 e. The summed E-state index contributed by atoms with van der Waals surface area (Å²) < 4.78 is 4.94. The van der Waals surface area contributed by atoms with Gasteiger partial charge in [0.2, 0.25) is 0 Å². The van der Waals surface area contributed by atoms with E-state index in [0.717, 1.165) is 6.54 Å². The number of amides is 1. The van der Waals surface area contributed by atoms with Crippen LogP contribution in [0.15, 0.2) is 11.6 Å². The summed E-state index contributed by atoms with van der Waals surface area (Å²) in [7, 11) is 0. The van der Waals surface area contributed by atoms with E-state index in [1.807, 2.05) is 11.8 Å². The Morgan fingerprint density at radius 3 is 3.00 bits per heavy atom. The molecule has 0 aromatic rings. The van der Waals surface area contributed by atoms with Crippen molar-refractivity contribution in [1.29, 1.82) is 0 Å². The minimum absolute atomic E-state index is 0.149. The van der Waals surface area contributed by atoms with Gasteiger partial charge in [-0.3, -0.25) is 4.90 Å². The first-order valence-corrected chi connectivity index (χ1v) is 4.32. The first-order chi connectivity index (χ1) is 5.74. The minimum Gasteiger partial charge on any atom is -0.447 e. The second kappa shape index (κ2) is 2.51. The van der Waals surface area contributed by atoms with E-state index in [1.165, 1.54) is 5.57 Å². The SMILES string of the molecule is C/C=C1\CN2C(=O)OC[C@@H]2[C@H]1C. The fourth-order valence-electron chi connectivity index (χ4n) is 2.00. The number of carbonyl (C=O) groups is 1. The van der Waals surface area contributed by atoms with Gasteiger partial charge >= 0.3 is 6.09 Å². The zero-order valence-corrected chi connectivity index (χ0v) is 7.41. The molecule has 0 aromatic heterocycles. The van der Waals surface area contributed by atoms with Crippen molar-refractivity contribution in [3.05, 3.63) is 11.6 Å². The van der Waals surface area contributed by atoms with Crippen molar-refractivity contribution >= 4 is 6.09 Å². The Morgan fingerprint density at radius 1 is 1.67 bits per heavy atom. The lowest BCUT2D eigenvalue weighted by atomic mass is 9.99. The van der Waals surface area contributed by atoms with E-state index in [9.17, 15) is 4.79 Å². The van der Waals surface area contributed by atoms with Gasteiger partial charge in [0.25, 0.3) is 0 Å². The number of hydrogen-bond acceptors (Lipinski definition) is 2. The molecule has 0 radical (unpaired) electrons. The van der Waals surface area contributed by atoms with Crippen molar-refractivity contribution in [3.63, 3.8) is 0 Å². The van der Waals surface area contributed by atoms with Crippen LogP contribution in [0.25, 0.3) is 0 Å². The Hall–Kier alpha value is -0.990. The van der Waals surface area contributed by atoms with E-state index in [-0.39, 0.29) is 6.09 Å². The van der Waals surface area contributed by atoms with Crippen LogP contribution in [0.1, 0.15) is 13.8 Å². The standard InChI is InChI=1S/C9H13NO2/c1-3-7-4-10-8(6(7)2)5-12-9(10)11/h3,6,8H,4-5H2,1-2H3/b7-3+/t6-,8+/m0/s1. The normalized spacial score (nSPS) is 37.3. The molecule has 2 aliphatic heterocycles. The Bertz CT molecular complexity index is 247. The summed E-state index contributed by atoms with van der Waals surface area (Å²) in [6, 6.07) is 0.295. The fraction of sp³-hybridized carbons (Fsp3) is 0.667. The van der Waals surface area contributed by atoms with Gasteiger partial charge < -0.3 is 4.74 Å². The Morgan fingerprint density at radius 2 is 2.42 bits per heavy atom. The molecule has 0 aromatic carbocycles. The molecule has 2 rings (SSSR count). The summed E-state index contributed by atoms with van der Waals surface area (Å²) in [5, 5.41) is 0. The third-order valence-corrected chi connectivity index (χ3v) is 2.90. The molecular formula is C9H13NO2. The maximum absolute atomic E-state index is 11.1. The lowest BCUT2D eigenvalue weighted by Gasteiger charge is -2.11. The Balaban J connectivity index is 2.24. The maximum atomic E-state index is 11.1. The van der Waals surface area contributed by atoms with Crippen LogP contribution >= 0.6 is 0 Å². The molecule has 0 saturated carbocycles. The Labute approximate surface area is 72.0 Å². The molecule has 12 heavy (non-hydrogen) atoms. The van der Waals surface area contributed by atoms with Gasteiger partial charge in [0.15, 0.2) is 0 Å². The van der Waals surface area contributed by atoms with Crippen molar-refractivity contribution in [2.75, 3.05) is 13.2 Å². The van der Waals surface area contributed by atoms with Crippen LogP contribution in [0.2, 0.25) is 0 Å². The molecule has 2 atom stereocenters. The second-order valence-corrected chi connectivity index (χ2v) is 3.42. The van der Waals surface area contributed by atoms with Crippen molar-refractivity contribution in [1.82, 2.24) is 4.90 Å². The van der Waals surface area contributed by atoms with Crippen molar-refractivity contribution < 1.29 is 9.53 Å². The molecule has 0 aliphatic carbocycles. The van der Waals surface area contributed by atoms with Gasteiger partial charge in [0.1, 0.15) is 6.61 Å². The number of nitrogens with zero attached hydrogens (tertiary/aromatic N) is 1. The topological polar surface area (TPSA) is 29.5 Å². The third-order valence-electron chi connectivity index (χ3n) is 2.90. The molecule has 0 spiro atoms. The molecule has 2 aliphatic rings. The van der Waals surface area contributed by atoms with Gasteiger partial charge in [-0.05, 0) is 12.5 Å². The van der Waals surface area contributed by atoms with Gasteiger partial charge in [-0.2, -0.15) is 0 Å². The van der Waals surface area contributed by atoms with E-state index in [2.05, 4.69) is 13.0 Å². The van der Waals surface area contributed by atoms with Crippen molar-refractivity contribution in [3.8, 4) is 0 Å². The summed E-state index contributed by atoms with van der Waals surface area (Å²) in [6.45, 7) is 5.51. The van der Waals surface area contributed by atoms with E-state index in [4.69, 9.17) is 4.74 Å². The van der Waals surface area contributed by atoms with Crippen LogP contribution in [0.3, 0.4) is 0 Å². The highest BCUT2D eigenvalue weighted by Crippen LogP contribution is 2.32. The highest BCUT2D eigenvalue weighted by Gasteiger charge is 2.43. The molecule has 2 saturated heterocycles. The lowest BCUT2D eigenvalue weighted by molar-refractivity contribution is 0.160. The molecule has 2 fully saturated rings. The number of cyclic esters (lactones) is 1. The van der Waals surface area contributed by atoms with Crippen molar-refractivity contribution in [2.45, 2.75) is 19.9 Å². The van der Waals surface area contributed by atoms with E-state index < -0.39 is 0 Å². The monoisotopic (exact) mass is 167 g/mol. The predicted octanol–water partition coefficient (Wildman–Crippen LogP) is 1.40. The van der Waals surface area contributed by atoms with Gasteiger partial charge in [-0.1, -0.05) is 13.0 Å². The van der Waals surface area contributed by atoms with Crippen LogP contribution in [0.5, 0.6) is 0 Å². The minimum atomic E-state index is -0.149. The van der Waals surface area contributed by atoms with Gasteiger partial charge in [-0.15, -0.1) is 0 Å². The molecule has 2 heterocycles. The summed E-state index contributed by atoms with van der Waals surface area (Å²) in [6.07, 6.45) is 1.96. The first-order valence-electron chi connectivity index (χ1n) is 4.32. The van der Waals surface area contributed by atoms with Gasteiger partial charge in [0.05, 0.1) is 6.04 Å². The number of fused-ring (bicyclic) bond motifs is 1. The van der Waals surface area contributed by atoms with E-state index >= 15 is 0 Å². The van der Waals surface area contributed by atoms with E-state index in [0.29, 0.717) is 18.6 Å². The highest BCUT2D eigenvalue weighted by atomic mass is 16.6. The van der Waals surface area contributed by atoms with Crippen LogP contribution in [0, 0.1) is 5.92 Å². The van der Waals surface area contributed by atoms with Crippen LogP contribution in [-0.4, -0.2) is 30.2 Å². The molecule has 1 amide bonds. The smallest absolute Gasteiger partial charge is 0.410 e. The molecule has 0 unspecified atom stereocenters. The number of allylic oxidation sites excluding steroid dienone is 1. The quantitative estimate of drug-likeness (QED) is 0.510. The number of hydrogen-bond donors (Lipinski definition) is 0. The Kier molecular flexibility index (Phi) is 1.60. The molecule has 0 bridgehead atoms. The number of carbonyl (C=O) groups excluding carboxylic acids is 1. The number of ether oxygens (including phenoxy) is 1. The van der Waals surface area contributed by atoms with Gasteiger partial charge in [0, 0.05) is 12.5 Å². The number of rotatable bonds is 0. The second-order valence-electron chi connectivity index (χ2n) is 3.42. The molecule has 66 valence electrons. The van der Waals surface area contributed by atoms with Crippen LogP contribution in [-0.2, 0) is 4.74 Å². The summed E-state index contributed by atoms with van der Waals surface area (Å²) in [4.78, 5) is 13.0. The average Bonchev–Trinajstić information content (AvgIpc) is 2.55. The average molecular weight is 167 g/mol. The predicted molar refractivity (Wildman–Crippen MR) is 44.8 cm³/mol. The van der Waals surface area contributed by atoms with Gasteiger partial charge in [-0.25, -0.2) is 4.79 Å².